The van der Waals surface area contributed by atoms with Gasteiger partial charge in [0, 0.05) is 16.7 Å². The summed E-state index contributed by atoms with van der Waals surface area (Å²) in [5.74, 6) is 0. The van der Waals surface area contributed by atoms with Gasteiger partial charge in [-0.05, 0) is 134 Å². The molecule has 2 aromatic heterocycles. The molecule has 0 aliphatic rings. The minimum atomic E-state index is -4.95. The van der Waals surface area contributed by atoms with Gasteiger partial charge in [-0.25, -0.2) is 9.97 Å². The number of nitrogens with zero attached hydrogens (tertiary/aromatic N) is 8. The Morgan fingerprint density at radius 3 is 1.35 bits per heavy atom. The fourth-order valence-corrected chi connectivity index (χ4v) is 14.5. The molecule has 14 N–H and O–H groups in total. The lowest BCUT2D eigenvalue weighted by atomic mass is 10.0. The standard InChI is InChI=1S/C52H42N14O12S6.2O3S/c1-25-3-20-37-47(49(25)83(73,74)75)79-51(57-37)28-7-13-31(14-8-28)60-65-45-35(53)19-22-36(42(45)54)63-62-33-17-18-34(40(23-33)81(67,68)69)27-5-11-30(12-6-27)59-64-39-24-41(82(70,71)72)44(56)46(43(39)55)66-61-32-15-9-29(10-16-32)52-58-38-21-4-26(2)50(48(38)80-52)84(76,77)78;2*1-4(2)3/h3-24,61,66H,53-56H2,1-2H3,(H,67,68,69)(H,70,71,72)(H,73,74,75)(H,76,77,78);;. The summed E-state index contributed by atoms with van der Waals surface area (Å²) in [6, 6.07) is 33.3. The highest BCUT2D eigenvalue weighted by molar-refractivity contribution is 7.87. The number of nitrogens with one attached hydrogen (secondary N) is 2. The zero-order chi connectivity index (χ0) is 67.4. The molecule has 0 amide bonds. The van der Waals surface area contributed by atoms with Crippen molar-refractivity contribution in [3.8, 4) is 32.3 Å². The Bertz CT molecular complexity index is 5390. The Kier molecular flexibility index (Phi) is 20.1. The molecule has 8 aromatic carbocycles. The molecule has 0 fully saturated rings. The van der Waals surface area contributed by atoms with Crippen molar-refractivity contribution in [2.75, 3.05) is 33.8 Å². The minimum Gasteiger partial charge on any atom is -0.397 e. The van der Waals surface area contributed by atoms with Crippen molar-refractivity contribution in [2.45, 2.75) is 33.4 Å². The van der Waals surface area contributed by atoms with E-state index in [9.17, 15) is 51.9 Å². The monoisotopic (exact) mass is 1410 g/mol. The summed E-state index contributed by atoms with van der Waals surface area (Å²) in [5.41, 5.74) is 34.1. The number of fused-ring (bicyclic) bond motifs is 2. The molecule has 0 saturated heterocycles. The van der Waals surface area contributed by atoms with E-state index in [0.29, 0.717) is 69.6 Å². The molecule has 476 valence electrons. The topological polar surface area (TPSA) is 548 Å². The van der Waals surface area contributed by atoms with E-state index >= 15 is 0 Å². The first-order valence-electron chi connectivity index (χ1n) is 24.9. The molecule has 0 aliphatic carbocycles. The number of anilines is 6. The van der Waals surface area contributed by atoms with Crippen molar-refractivity contribution >= 4 is 173 Å². The minimum absolute atomic E-state index is 0.00198. The molecular formula is C52H42N14O18S8. The highest BCUT2D eigenvalue weighted by Gasteiger charge is 2.25. The number of azo groups is 3. The summed E-state index contributed by atoms with van der Waals surface area (Å²) < 4.78 is 190. The highest BCUT2D eigenvalue weighted by atomic mass is 32.2. The fraction of sp³-hybridized carbons (Fsp3) is 0.0385. The largest absolute Gasteiger partial charge is 0.425 e. The summed E-state index contributed by atoms with van der Waals surface area (Å²) in [6.45, 7) is 3.14. The quantitative estimate of drug-likeness (QED) is 0.0186. The smallest absolute Gasteiger partial charge is 0.397 e. The van der Waals surface area contributed by atoms with Gasteiger partial charge in [-0.2, -0.15) is 49.0 Å². The third-order valence-electron chi connectivity index (χ3n) is 12.6. The van der Waals surface area contributed by atoms with E-state index in [1.165, 1.54) is 48.5 Å². The maximum absolute atomic E-state index is 12.8. The fourth-order valence-electron chi connectivity index (χ4n) is 8.51. The number of nitrogen functional groups attached to an aromatic ring is 4. The number of hydrazine groups is 1. The van der Waals surface area contributed by atoms with Crippen LogP contribution in [-0.2, 0) is 61.7 Å². The molecule has 92 heavy (non-hydrogen) atoms. The number of aromatic nitrogens is 2. The summed E-state index contributed by atoms with van der Waals surface area (Å²) in [6.07, 6.45) is 0. The predicted molar refractivity (Wildman–Crippen MR) is 340 cm³/mol. The second kappa shape index (κ2) is 27.2. The summed E-state index contributed by atoms with van der Waals surface area (Å²) >= 11 is 2.18. The number of hydrogen-bond donors (Lipinski definition) is 10. The molecule has 0 unspecified atom stereocenters. The van der Waals surface area contributed by atoms with Crippen LogP contribution in [0.2, 0.25) is 0 Å². The van der Waals surface area contributed by atoms with Crippen LogP contribution < -0.4 is 33.8 Å². The Hall–Kier alpha value is -9.98. The van der Waals surface area contributed by atoms with Gasteiger partial charge in [-0.3, -0.25) is 23.6 Å². The van der Waals surface area contributed by atoms with Crippen LogP contribution in [0, 0.1) is 13.8 Å². The molecule has 0 saturated carbocycles. The number of rotatable bonds is 16. The van der Waals surface area contributed by atoms with Gasteiger partial charge < -0.3 is 28.4 Å². The Balaban J connectivity index is 0.00000129. The lowest BCUT2D eigenvalue weighted by Crippen LogP contribution is -2.14. The van der Waals surface area contributed by atoms with E-state index in [-0.39, 0.29) is 66.5 Å². The number of aryl methyl sites for hydroxylation is 2. The molecule has 32 nitrogen and oxygen atoms in total. The van der Waals surface area contributed by atoms with Crippen molar-refractivity contribution in [2.24, 2.45) is 30.7 Å². The van der Waals surface area contributed by atoms with Crippen LogP contribution in [0.4, 0.5) is 68.2 Å². The van der Waals surface area contributed by atoms with Gasteiger partial charge in [0.1, 0.15) is 52.3 Å². The molecule has 10 rings (SSSR count). The lowest BCUT2D eigenvalue weighted by molar-refractivity contribution is 0.481. The van der Waals surface area contributed by atoms with Gasteiger partial charge in [0.15, 0.2) is 0 Å². The van der Waals surface area contributed by atoms with Crippen LogP contribution in [0.3, 0.4) is 0 Å². The first-order valence-corrected chi connectivity index (χ1v) is 34.3. The van der Waals surface area contributed by atoms with Crippen molar-refractivity contribution in [1.82, 2.24) is 9.97 Å². The Morgan fingerprint density at radius 1 is 0.435 bits per heavy atom. The van der Waals surface area contributed by atoms with Crippen LogP contribution >= 0.6 is 22.7 Å². The SMILES string of the molecule is Cc1ccc2nc(-c3ccc(N=Nc4c(N)ccc(N=Nc5ccc(-c6ccc(N=Nc7cc(S(=O)(=O)O)c(N)c(NNc8ccc(-c9nc%10ccc(C)c(S(=O)(=O)O)c%10s9)cc8)c7N)cc6)c(S(=O)(=O)O)c5)c4N)cc3)sc2c1S(=O)(=O)O.O=S(=O)=O.O=S(=O)=O. The normalized spacial score (nSPS) is 12.0. The van der Waals surface area contributed by atoms with Crippen molar-refractivity contribution < 1.29 is 77.1 Å². The van der Waals surface area contributed by atoms with Crippen molar-refractivity contribution in [3.05, 3.63) is 145 Å². The molecule has 0 aliphatic heterocycles. The average Bonchev–Trinajstić information content (AvgIpc) is 1.52. The second-order valence-electron chi connectivity index (χ2n) is 18.7. The molecule has 0 spiro atoms. The van der Waals surface area contributed by atoms with E-state index in [0.717, 1.165) is 34.8 Å². The molecular weight excluding hydrogens is 1370 g/mol. The maximum atomic E-state index is 12.8. The van der Waals surface area contributed by atoms with Crippen LogP contribution in [0.15, 0.2) is 184 Å². The molecule has 0 atom stereocenters. The first kappa shape index (κ1) is 67.9. The Morgan fingerprint density at radius 2 is 0.870 bits per heavy atom. The van der Waals surface area contributed by atoms with E-state index in [1.807, 2.05) is 0 Å². The molecule has 0 radical (unpaired) electrons. The first-order chi connectivity index (χ1) is 43.1. The third kappa shape index (κ3) is 16.1. The van der Waals surface area contributed by atoms with Crippen LogP contribution in [0.5, 0.6) is 0 Å². The molecule has 40 heteroatoms. The van der Waals surface area contributed by atoms with Gasteiger partial charge in [0.25, 0.3) is 40.5 Å². The van der Waals surface area contributed by atoms with Crippen LogP contribution in [0.1, 0.15) is 11.1 Å². The third-order valence-corrected chi connectivity index (χ3v) is 19.0. The zero-order valence-corrected chi connectivity index (χ0v) is 52.9. The zero-order valence-electron chi connectivity index (χ0n) is 46.4. The number of benzene rings is 8. The summed E-state index contributed by atoms with van der Waals surface area (Å²) in [7, 11) is -25.1. The van der Waals surface area contributed by atoms with Gasteiger partial charge >= 0.3 is 21.2 Å². The van der Waals surface area contributed by atoms with Gasteiger partial charge in [-0.1, -0.05) is 30.3 Å². The summed E-state index contributed by atoms with van der Waals surface area (Å²) in [4.78, 5) is 7.35. The Labute approximate surface area is 531 Å². The summed E-state index contributed by atoms with van der Waals surface area (Å²) in [5, 5.41) is 26.1. The van der Waals surface area contributed by atoms with E-state index in [1.54, 1.807) is 86.6 Å². The molecule has 10 aromatic rings. The van der Waals surface area contributed by atoms with Gasteiger partial charge in [0.05, 0.1) is 65.9 Å². The number of hydrogen-bond acceptors (Lipinski definition) is 30. The number of thiazole rings is 2. The van der Waals surface area contributed by atoms with Gasteiger partial charge in [0.2, 0.25) is 0 Å². The van der Waals surface area contributed by atoms with Crippen LogP contribution in [-0.4, -0.2) is 87.1 Å². The lowest BCUT2D eigenvalue weighted by Gasteiger charge is -2.17. The van der Waals surface area contributed by atoms with Crippen molar-refractivity contribution in [1.29, 1.82) is 0 Å². The van der Waals surface area contributed by atoms with Crippen LogP contribution in [0.25, 0.3) is 52.7 Å². The maximum Gasteiger partial charge on any atom is 0.425 e. The molecule has 2 heterocycles. The second-order valence-corrected chi connectivity index (χ2v) is 27.0. The van der Waals surface area contributed by atoms with E-state index in [4.69, 9.17) is 48.2 Å². The van der Waals surface area contributed by atoms with Crippen molar-refractivity contribution in [3.63, 3.8) is 0 Å². The average molecular weight is 1410 g/mol. The number of nitrogens with two attached hydrogens (primary N) is 4. The highest BCUT2D eigenvalue weighted by Crippen LogP contribution is 2.44. The van der Waals surface area contributed by atoms with E-state index < -0.39 is 77.2 Å². The van der Waals surface area contributed by atoms with E-state index in [2.05, 4.69) is 51.5 Å². The van der Waals surface area contributed by atoms with Gasteiger partial charge in [-0.15, -0.1) is 63.3 Å². The molecule has 0 bridgehead atoms. The predicted octanol–water partition coefficient (Wildman–Crippen LogP) is 10.5.